The summed E-state index contributed by atoms with van der Waals surface area (Å²) in [5.74, 6) is 0. The van der Waals surface area contributed by atoms with E-state index in [0.29, 0.717) is 12.3 Å². The molecule has 0 heterocycles. The van der Waals surface area contributed by atoms with Gasteiger partial charge in [-0.25, -0.2) is 0 Å². The monoisotopic (exact) mass is 478 g/mol. The number of hydrogen-bond acceptors (Lipinski definition) is 4. The van der Waals surface area contributed by atoms with E-state index in [-0.39, 0.29) is 0 Å². The molecule has 0 N–H and O–H groups in total. The van der Waals surface area contributed by atoms with Gasteiger partial charge in [-0.1, -0.05) is 121 Å². The summed E-state index contributed by atoms with van der Waals surface area (Å²) in [6.07, 6.45) is 5.56. The average molecular weight is 478 g/mol. The van der Waals surface area contributed by atoms with Crippen molar-refractivity contribution >= 4 is 35.3 Å². The summed E-state index contributed by atoms with van der Waals surface area (Å²) in [5.41, 5.74) is 0. The van der Waals surface area contributed by atoms with Crippen LogP contribution >= 0.6 is 14.1 Å². The molecule has 166 valence electrons. The highest BCUT2D eigenvalue weighted by Gasteiger charge is 2.31. The molecule has 0 saturated carbocycles. The van der Waals surface area contributed by atoms with Crippen LogP contribution in [0, 0.1) is 22.9 Å². The van der Waals surface area contributed by atoms with Crippen molar-refractivity contribution in [2.45, 2.75) is 0 Å². The van der Waals surface area contributed by atoms with E-state index in [4.69, 9.17) is 0 Å². The first-order valence-corrected chi connectivity index (χ1v) is 14.8. The summed E-state index contributed by atoms with van der Waals surface area (Å²) in [6.45, 7) is 0. The lowest BCUT2D eigenvalue weighted by Gasteiger charge is -2.30. The fourth-order valence-electron chi connectivity index (χ4n) is 4.29. The quantitative estimate of drug-likeness (QED) is 0.254. The molecule has 4 aromatic rings. The highest BCUT2D eigenvalue weighted by molar-refractivity contribution is 7.84. The zero-order valence-electron chi connectivity index (χ0n) is 18.6. The van der Waals surface area contributed by atoms with Gasteiger partial charge in [-0.05, 0) is 33.5 Å². The van der Waals surface area contributed by atoms with Crippen LogP contribution in [0.3, 0.4) is 0 Å². The molecule has 34 heavy (non-hydrogen) atoms. The number of benzene rings is 4. The second kappa shape index (κ2) is 11.0. The van der Waals surface area contributed by atoms with Gasteiger partial charge in [-0.3, -0.25) is 0 Å². The molecule has 0 spiro atoms. The summed E-state index contributed by atoms with van der Waals surface area (Å²) in [7, 11) is -4.88. The van der Waals surface area contributed by atoms with Crippen molar-refractivity contribution in [1.82, 2.24) is 0 Å². The lowest BCUT2D eigenvalue weighted by molar-refractivity contribution is 1.40. The molecule has 0 aliphatic rings. The van der Waals surface area contributed by atoms with Gasteiger partial charge in [-0.15, -0.1) is 0 Å². The SMILES string of the molecule is N#CN=P(CCP(=NC#N)(c1ccccc1)c1ccccc1)(c1ccccc1)c1ccccc1. The highest BCUT2D eigenvalue weighted by Crippen LogP contribution is 2.54. The third kappa shape index (κ3) is 4.66. The van der Waals surface area contributed by atoms with E-state index in [1.54, 1.807) is 0 Å². The minimum absolute atomic E-state index is 0.636. The summed E-state index contributed by atoms with van der Waals surface area (Å²) < 4.78 is 9.31. The molecule has 0 aliphatic heterocycles. The lowest BCUT2D eigenvalue weighted by atomic mass is 10.4. The van der Waals surface area contributed by atoms with E-state index in [0.717, 1.165) is 21.2 Å². The first-order valence-electron chi connectivity index (χ1n) is 11.0. The Balaban J connectivity index is 1.95. The molecule has 0 aliphatic carbocycles. The summed E-state index contributed by atoms with van der Waals surface area (Å²) in [6, 6.07) is 40.4. The van der Waals surface area contributed by atoms with Crippen molar-refractivity contribution < 1.29 is 0 Å². The molecule has 0 unspecified atom stereocenters. The predicted molar refractivity (Wildman–Crippen MR) is 144 cm³/mol. The van der Waals surface area contributed by atoms with E-state index < -0.39 is 14.1 Å². The van der Waals surface area contributed by atoms with E-state index in [9.17, 15) is 10.5 Å². The van der Waals surface area contributed by atoms with Crippen LogP contribution in [0.1, 0.15) is 0 Å². The van der Waals surface area contributed by atoms with Crippen LogP contribution in [0.2, 0.25) is 0 Å². The molecular weight excluding hydrogens is 454 g/mol. The van der Waals surface area contributed by atoms with Crippen LogP contribution in [0.25, 0.3) is 0 Å². The van der Waals surface area contributed by atoms with Crippen molar-refractivity contribution in [2.75, 3.05) is 12.3 Å². The Morgan fingerprint density at radius 3 is 0.882 bits per heavy atom. The van der Waals surface area contributed by atoms with E-state index in [1.165, 1.54) is 0 Å². The Kier molecular flexibility index (Phi) is 7.57. The van der Waals surface area contributed by atoms with Crippen LogP contribution < -0.4 is 21.2 Å². The van der Waals surface area contributed by atoms with Gasteiger partial charge in [0.05, 0.1) is 0 Å². The minimum Gasteiger partial charge on any atom is -0.185 e. The van der Waals surface area contributed by atoms with Crippen LogP contribution in [-0.4, -0.2) is 12.3 Å². The molecule has 4 rings (SSSR count). The third-order valence-electron chi connectivity index (χ3n) is 5.91. The summed E-state index contributed by atoms with van der Waals surface area (Å²) in [5, 5.41) is 23.9. The molecular formula is C28H24N4P2. The van der Waals surface area contributed by atoms with Crippen LogP contribution in [-0.2, 0) is 0 Å². The second-order valence-electron chi connectivity index (χ2n) is 7.73. The van der Waals surface area contributed by atoms with Crippen LogP contribution in [0.15, 0.2) is 131 Å². The predicted octanol–water partition coefficient (Wildman–Crippen LogP) is 5.65. The fourth-order valence-corrected chi connectivity index (χ4v) is 11.9. The van der Waals surface area contributed by atoms with Gasteiger partial charge in [0.2, 0.25) is 12.4 Å². The van der Waals surface area contributed by atoms with E-state index in [1.807, 2.05) is 72.8 Å². The first kappa shape index (κ1) is 23.5. The smallest absolute Gasteiger partial charge is 0.185 e. The zero-order valence-corrected chi connectivity index (χ0v) is 20.4. The molecule has 0 radical (unpaired) electrons. The van der Waals surface area contributed by atoms with Crippen LogP contribution in [0.5, 0.6) is 0 Å². The normalized spacial score (nSPS) is 11.1. The maximum absolute atomic E-state index is 9.84. The Hall–Kier alpha value is -3.68. The first-order chi connectivity index (χ1) is 16.7. The Bertz CT molecular complexity index is 1220. The number of hydrogen-bond donors (Lipinski definition) is 0. The van der Waals surface area contributed by atoms with E-state index in [2.05, 4.69) is 70.4 Å². The molecule has 0 atom stereocenters. The summed E-state index contributed by atoms with van der Waals surface area (Å²) in [4.78, 5) is 0. The minimum atomic E-state index is -2.44. The Morgan fingerprint density at radius 1 is 0.441 bits per heavy atom. The van der Waals surface area contributed by atoms with Crippen molar-refractivity contribution in [3.63, 3.8) is 0 Å². The van der Waals surface area contributed by atoms with Gasteiger partial charge >= 0.3 is 0 Å². The van der Waals surface area contributed by atoms with Crippen molar-refractivity contribution in [3.05, 3.63) is 121 Å². The molecule has 0 amide bonds. The molecule has 4 nitrogen and oxygen atoms in total. The van der Waals surface area contributed by atoms with Gasteiger partial charge in [0, 0.05) is 14.1 Å². The van der Waals surface area contributed by atoms with Gasteiger partial charge in [0.15, 0.2) is 0 Å². The number of rotatable bonds is 7. The maximum atomic E-state index is 9.84. The largest absolute Gasteiger partial charge is 0.204 e. The van der Waals surface area contributed by atoms with Crippen molar-refractivity contribution in [1.29, 1.82) is 10.5 Å². The lowest BCUT2D eigenvalue weighted by Crippen LogP contribution is -2.25. The van der Waals surface area contributed by atoms with Gasteiger partial charge in [0.25, 0.3) is 0 Å². The molecule has 0 fully saturated rings. The zero-order chi connectivity index (χ0) is 23.7. The topological polar surface area (TPSA) is 72.3 Å². The fraction of sp³-hybridized carbons (Fsp3) is 0.0714. The maximum Gasteiger partial charge on any atom is 0.204 e. The Labute approximate surface area is 201 Å². The summed E-state index contributed by atoms with van der Waals surface area (Å²) >= 11 is 0. The van der Waals surface area contributed by atoms with Crippen LogP contribution in [0.4, 0.5) is 0 Å². The molecule has 4 aromatic carbocycles. The van der Waals surface area contributed by atoms with Crippen molar-refractivity contribution in [2.24, 2.45) is 9.49 Å². The molecule has 6 heteroatoms. The highest BCUT2D eigenvalue weighted by atomic mass is 31.2. The average Bonchev–Trinajstić information content (AvgIpc) is 2.92. The molecule has 0 aromatic heterocycles. The van der Waals surface area contributed by atoms with Gasteiger partial charge in [-0.2, -0.15) is 20.0 Å². The van der Waals surface area contributed by atoms with E-state index >= 15 is 0 Å². The van der Waals surface area contributed by atoms with Gasteiger partial charge in [0.1, 0.15) is 0 Å². The van der Waals surface area contributed by atoms with Crippen molar-refractivity contribution in [3.8, 4) is 12.4 Å². The number of nitriles is 2. The van der Waals surface area contributed by atoms with Gasteiger partial charge < -0.3 is 0 Å². The molecule has 0 bridgehead atoms. The molecule has 0 saturated heterocycles. The Morgan fingerprint density at radius 2 is 0.676 bits per heavy atom. The standard InChI is InChI=1S/C28H24N4P2/c29-23-31-33(25-13-5-1-6-14-25,26-15-7-2-8-16-26)21-22-34(32-24-30,27-17-9-3-10-18-27)28-19-11-4-12-20-28/h1-20H,21-22H2. The second-order valence-corrected chi connectivity index (χ2v) is 14.2. The number of nitrogens with zero attached hydrogens (tertiary/aromatic N) is 4. The third-order valence-corrected chi connectivity index (χ3v) is 13.5.